The van der Waals surface area contributed by atoms with E-state index in [4.69, 9.17) is 0 Å². The summed E-state index contributed by atoms with van der Waals surface area (Å²) in [5.41, 5.74) is 21.2. The fraction of sp³-hybridized carbons (Fsp3) is 0.140. The highest BCUT2D eigenvalue weighted by Crippen LogP contribution is 2.56. The lowest BCUT2D eigenvalue weighted by molar-refractivity contribution is -0.133. The molecule has 2 N–H and O–H groups in total. The number of hydrogen-bond acceptors (Lipinski definition) is 6. The van der Waals surface area contributed by atoms with E-state index in [0.717, 1.165) is 142 Å². The summed E-state index contributed by atoms with van der Waals surface area (Å²) in [6, 6.07) is 100. The summed E-state index contributed by atoms with van der Waals surface area (Å²) in [7, 11) is 0. The van der Waals surface area contributed by atoms with E-state index in [-0.39, 0.29) is 16.6 Å². The van der Waals surface area contributed by atoms with E-state index in [1.165, 1.54) is 47.2 Å². The summed E-state index contributed by atoms with van der Waals surface area (Å²) in [6.45, 7) is 4.54. The molecule has 10 heteroatoms. The van der Waals surface area contributed by atoms with Gasteiger partial charge in [-0.25, -0.2) is 9.59 Å². The highest BCUT2D eigenvalue weighted by Gasteiger charge is 2.43. The topological polar surface area (TPSA) is 139 Å². The number of rotatable bonds is 28. The van der Waals surface area contributed by atoms with Crippen molar-refractivity contribution in [2.45, 2.75) is 83.5 Å². The Morgan fingerprint density at radius 1 is 0.369 bits per heavy atom. The highest BCUT2D eigenvalue weighted by atomic mass is 16.4. The minimum absolute atomic E-state index is 0.253. The van der Waals surface area contributed by atoms with Crippen LogP contribution >= 0.6 is 0 Å². The average molecular weight is 1350 g/mol. The lowest BCUT2D eigenvalue weighted by Gasteiger charge is -2.33. The molecule has 10 aromatic carbocycles. The Labute approximate surface area is 603 Å². The molecule has 0 radical (unpaired) electrons. The number of aromatic nitrogens is 2. The van der Waals surface area contributed by atoms with Crippen LogP contribution in [0, 0.1) is 22.7 Å². The molecule has 103 heavy (non-hydrogen) atoms. The average Bonchev–Trinajstić information content (AvgIpc) is 1.57. The number of para-hydroxylation sites is 4. The molecule has 506 valence electrons. The Hall–Kier alpha value is -12.8. The maximum atomic E-state index is 12.3. The summed E-state index contributed by atoms with van der Waals surface area (Å²) >= 11 is 0. The Balaban J connectivity index is 0.814. The molecule has 2 heterocycles. The van der Waals surface area contributed by atoms with Crippen LogP contribution in [0.5, 0.6) is 0 Å². The first-order valence-electron chi connectivity index (χ1n) is 35.6. The van der Waals surface area contributed by atoms with Gasteiger partial charge in [0, 0.05) is 73.7 Å². The number of unbranched alkanes of at least 4 members (excludes halogenated alkanes) is 6. The SMILES string of the molecule is CCCCCCC1(CCCCCC)c2cc(-c3ccc(-n4c(/C=C\c5ccc(N(c6ccccc6)c6ccccc6)cc5)ccc4/C=C(/C#N)C(=O)O)cc3)ccc2-c2ccc(-c3ccc(-n4c(/C=C\c5ccc(N(c6ccccc6)c6ccccc6)cc5)ccc4/C=C(/C#N)C(=O)O)cc3)cc21. The normalized spacial score (nSPS) is 12.4. The second-order valence-electron chi connectivity index (χ2n) is 26.2. The van der Waals surface area contributed by atoms with Crippen LogP contribution in [0.2, 0.25) is 0 Å². The van der Waals surface area contributed by atoms with Crippen LogP contribution < -0.4 is 9.80 Å². The number of carboxylic acids is 2. The van der Waals surface area contributed by atoms with Crippen molar-refractivity contribution in [2.75, 3.05) is 9.80 Å². The maximum absolute atomic E-state index is 12.3. The molecule has 0 fully saturated rings. The largest absolute Gasteiger partial charge is 0.477 e. The highest BCUT2D eigenvalue weighted by molar-refractivity contribution is 5.97. The Morgan fingerprint density at radius 3 is 1.01 bits per heavy atom. The quantitative estimate of drug-likeness (QED) is 0.0281. The number of carbonyl (C=O) groups is 2. The minimum atomic E-state index is -1.29. The second-order valence-corrected chi connectivity index (χ2v) is 26.2. The van der Waals surface area contributed by atoms with Crippen LogP contribution in [0.15, 0.2) is 290 Å². The van der Waals surface area contributed by atoms with Crippen molar-refractivity contribution in [3.8, 4) is 56.9 Å². The lowest BCUT2D eigenvalue weighted by atomic mass is 9.70. The van der Waals surface area contributed by atoms with Gasteiger partial charge in [0.25, 0.3) is 0 Å². The van der Waals surface area contributed by atoms with Crippen LogP contribution in [0.4, 0.5) is 34.1 Å². The fourth-order valence-corrected chi connectivity index (χ4v) is 14.5. The number of aliphatic carboxylic acids is 2. The number of nitriles is 2. The summed E-state index contributed by atoms with van der Waals surface area (Å²) < 4.78 is 3.99. The first-order valence-corrected chi connectivity index (χ1v) is 35.6. The zero-order chi connectivity index (χ0) is 71.1. The van der Waals surface area contributed by atoms with Gasteiger partial charge in [0.1, 0.15) is 23.3 Å². The number of anilines is 6. The number of hydrogen-bond donors (Lipinski definition) is 2. The molecule has 2 aromatic heterocycles. The third-order valence-electron chi connectivity index (χ3n) is 19.6. The molecule has 0 amide bonds. The van der Waals surface area contributed by atoms with Gasteiger partial charge in [-0.2, -0.15) is 10.5 Å². The zero-order valence-corrected chi connectivity index (χ0v) is 58.0. The van der Waals surface area contributed by atoms with E-state index in [9.17, 15) is 30.3 Å². The van der Waals surface area contributed by atoms with Crippen LogP contribution in [0.25, 0.3) is 81.2 Å². The molecule has 13 rings (SSSR count). The van der Waals surface area contributed by atoms with Crippen molar-refractivity contribution in [3.05, 3.63) is 335 Å². The number of nitrogens with zero attached hydrogens (tertiary/aromatic N) is 6. The fourth-order valence-electron chi connectivity index (χ4n) is 14.5. The number of benzene rings is 10. The molecule has 0 aliphatic heterocycles. The van der Waals surface area contributed by atoms with Gasteiger partial charge in [-0.05, 0) is 226 Å². The molecule has 12 aromatic rings. The standard InChI is InChI=1S/C93H80N6O4/c1-3-5-7-21-59-93(60-22-8-6-4-2)89-63-71(69-37-49-83(50-38-69)98-81(53-55-85(98)61-73(65-94)91(100)101)47-35-67-31-43-79(44-32-67)96(75-23-13-9-14-24-75)76-25-15-10-16-26-76)41-57-87(89)88-58-42-72(64-90(88)93)70-39-51-84(52-40-70)99-82(54-56-86(99)62-74(66-95)92(102)103)48-36-68-33-45-80(46-34-68)97(77-27-17-11-18-28-77)78-29-19-12-20-30-78/h9-20,23-58,61-64H,3-8,21-22,59-60H2,1-2H3,(H,100,101)(H,102,103)/b47-35-,48-36-,73-61-,74-62-. The van der Waals surface area contributed by atoms with Crippen LogP contribution in [0.1, 0.15) is 123 Å². The summed E-state index contributed by atoms with van der Waals surface area (Å²) in [5, 5.41) is 40.0. The Morgan fingerprint density at radius 2 is 0.689 bits per heavy atom. The minimum Gasteiger partial charge on any atom is -0.477 e. The van der Waals surface area contributed by atoms with E-state index in [1.807, 2.05) is 130 Å². The van der Waals surface area contributed by atoms with E-state index < -0.39 is 11.9 Å². The van der Waals surface area contributed by atoms with Gasteiger partial charge >= 0.3 is 11.9 Å². The predicted molar refractivity (Wildman–Crippen MR) is 422 cm³/mol. The van der Waals surface area contributed by atoms with Gasteiger partial charge < -0.3 is 29.1 Å². The van der Waals surface area contributed by atoms with Gasteiger partial charge in [-0.1, -0.05) is 223 Å². The molecule has 1 aliphatic rings. The molecular formula is C93H80N6O4. The molecule has 0 spiro atoms. The molecule has 0 saturated carbocycles. The van der Waals surface area contributed by atoms with Crippen LogP contribution in [0.3, 0.4) is 0 Å². The molecule has 0 atom stereocenters. The summed E-state index contributed by atoms with van der Waals surface area (Å²) in [5.74, 6) is -2.58. The van der Waals surface area contributed by atoms with E-state index in [2.05, 4.69) is 218 Å². The first-order chi connectivity index (χ1) is 50.5. The molecule has 0 bridgehead atoms. The molecule has 0 saturated heterocycles. The number of fused-ring (bicyclic) bond motifs is 3. The molecular weight excluding hydrogens is 1270 g/mol. The van der Waals surface area contributed by atoms with Crippen molar-refractivity contribution < 1.29 is 19.8 Å². The van der Waals surface area contributed by atoms with Crippen LogP contribution in [-0.2, 0) is 15.0 Å². The maximum Gasteiger partial charge on any atom is 0.346 e. The van der Waals surface area contributed by atoms with E-state index in [0.29, 0.717) is 11.4 Å². The monoisotopic (exact) mass is 1340 g/mol. The van der Waals surface area contributed by atoms with Crippen LogP contribution in [-0.4, -0.2) is 31.3 Å². The van der Waals surface area contributed by atoms with Gasteiger partial charge in [-0.15, -0.1) is 0 Å². The predicted octanol–water partition coefficient (Wildman–Crippen LogP) is 24.1. The van der Waals surface area contributed by atoms with Gasteiger partial charge in [-0.3, -0.25) is 0 Å². The third-order valence-corrected chi connectivity index (χ3v) is 19.6. The number of carboxylic acid groups (broad SMARTS) is 2. The van der Waals surface area contributed by atoms with Crippen molar-refractivity contribution in [2.24, 2.45) is 0 Å². The van der Waals surface area contributed by atoms with E-state index in [1.54, 1.807) is 0 Å². The van der Waals surface area contributed by atoms with Crippen molar-refractivity contribution in [1.29, 1.82) is 10.5 Å². The van der Waals surface area contributed by atoms with Crippen molar-refractivity contribution >= 4 is 82.5 Å². The van der Waals surface area contributed by atoms with Gasteiger partial charge in [0.05, 0.1) is 0 Å². The third kappa shape index (κ3) is 15.2. The first kappa shape index (κ1) is 68.8. The van der Waals surface area contributed by atoms with Crippen molar-refractivity contribution in [3.63, 3.8) is 0 Å². The molecule has 1 aliphatic carbocycles. The molecule has 10 nitrogen and oxygen atoms in total. The van der Waals surface area contributed by atoms with Gasteiger partial charge in [0.2, 0.25) is 0 Å². The molecule has 0 unspecified atom stereocenters. The smallest absolute Gasteiger partial charge is 0.346 e. The summed E-state index contributed by atoms with van der Waals surface area (Å²) in [6.07, 6.45) is 22.2. The zero-order valence-electron chi connectivity index (χ0n) is 58.0. The van der Waals surface area contributed by atoms with Crippen molar-refractivity contribution in [1.82, 2.24) is 9.13 Å². The second kappa shape index (κ2) is 32.1. The van der Waals surface area contributed by atoms with Gasteiger partial charge in [0.15, 0.2) is 0 Å². The Kier molecular flexibility index (Phi) is 21.4. The van der Waals surface area contributed by atoms with E-state index >= 15 is 0 Å². The Bertz CT molecular complexity index is 4760. The summed E-state index contributed by atoms with van der Waals surface area (Å²) in [4.78, 5) is 29.0. The lowest BCUT2D eigenvalue weighted by Crippen LogP contribution is -2.25.